The Morgan fingerprint density at radius 2 is 1.88 bits per heavy atom. The molecule has 2 amide bonds. The van der Waals surface area contributed by atoms with Crippen molar-refractivity contribution in [2.45, 2.75) is 45.2 Å². The van der Waals surface area contributed by atoms with Crippen molar-refractivity contribution in [3.05, 3.63) is 59.7 Å². The second-order valence-electron chi connectivity index (χ2n) is 8.85. The number of hydrogen-bond acceptors (Lipinski definition) is 5. The summed E-state index contributed by atoms with van der Waals surface area (Å²) >= 11 is 0. The Balaban J connectivity index is 1.61. The van der Waals surface area contributed by atoms with Gasteiger partial charge in [-0.05, 0) is 56.0 Å². The van der Waals surface area contributed by atoms with E-state index in [4.69, 9.17) is 4.74 Å². The molecule has 0 saturated carbocycles. The van der Waals surface area contributed by atoms with Crippen LogP contribution in [0.3, 0.4) is 0 Å². The van der Waals surface area contributed by atoms with Crippen molar-refractivity contribution in [2.24, 2.45) is 11.8 Å². The number of fused-ring (bicyclic) bond motifs is 2. The van der Waals surface area contributed by atoms with E-state index in [-0.39, 0.29) is 17.9 Å². The van der Waals surface area contributed by atoms with E-state index >= 15 is 0 Å². The second kappa shape index (κ2) is 8.74. The van der Waals surface area contributed by atoms with E-state index in [1.807, 2.05) is 24.3 Å². The molecular formula is C25H29N3O4. The summed E-state index contributed by atoms with van der Waals surface area (Å²) in [7, 11) is 0. The van der Waals surface area contributed by atoms with Crippen LogP contribution in [0.1, 0.15) is 49.5 Å². The fraction of sp³-hybridized carbons (Fsp3) is 0.400. The molecule has 7 nitrogen and oxygen atoms in total. The summed E-state index contributed by atoms with van der Waals surface area (Å²) in [6, 6.07) is 14.2. The van der Waals surface area contributed by atoms with Crippen molar-refractivity contribution in [1.29, 1.82) is 0 Å². The Labute approximate surface area is 187 Å². The molecule has 2 aromatic rings. The lowest BCUT2D eigenvalue weighted by atomic mass is 9.79. The summed E-state index contributed by atoms with van der Waals surface area (Å²) in [4.78, 5) is 38.6. The summed E-state index contributed by atoms with van der Waals surface area (Å²) in [6.07, 6.45) is 1.43. The monoisotopic (exact) mass is 435 g/mol. The molecule has 4 rings (SSSR count). The molecule has 3 atom stereocenters. The lowest BCUT2D eigenvalue weighted by Gasteiger charge is -2.29. The van der Waals surface area contributed by atoms with E-state index in [1.54, 1.807) is 31.2 Å². The van der Waals surface area contributed by atoms with Crippen LogP contribution < -0.4 is 16.0 Å². The molecular weight excluding hydrogens is 406 g/mol. The molecule has 1 fully saturated rings. The van der Waals surface area contributed by atoms with E-state index in [0.29, 0.717) is 30.2 Å². The number of carbonyl (C=O) groups is 3. The molecule has 0 unspecified atom stereocenters. The summed E-state index contributed by atoms with van der Waals surface area (Å²) in [5.74, 6) is -0.955. The van der Waals surface area contributed by atoms with Crippen molar-refractivity contribution in [1.82, 2.24) is 5.32 Å². The highest BCUT2D eigenvalue weighted by molar-refractivity contribution is 6.10. The Bertz CT molecular complexity index is 1030. The van der Waals surface area contributed by atoms with Gasteiger partial charge in [-0.3, -0.25) is 14.9 Å². The first kappa shape index (κ1) is 22.0. The molecule has 0 aliphatic carbocycles. The van der Waals surface area contributed by atoms with Crippen LogP contribution in [0.4, 0.5) is 11.4 Å². The van der Waals surface area contributed by atoms with E-state index < -0.39 is 17.4 Å². The van der Waals surface area contributed by atoms with Crippen molar-refractivity contribution in [3.8, 4) is 0 Å². The summed E-state index contributed by atoms with van der Waals surface area (Å²) < 4.78 is 5.00. The summed E-state index contributed by atoms with van der Waals surface area (Å²) in [6.45, 7) is 6.32. The van der Waals surface area contributed by atoms with E-state index in [2.05, 4.69) is 29.8 Å². The predicted octanol–water partition coefficient (Wildman–Crippen LogP) is 3.67. The molecule has 2 heterocycles. The Hall–Kier alpha value is -3.19. The lowest BCUT2D eigenvalue weighted by molar-refractivity contribution is -0.130. The number of para-hydroxylation sites is 1. The Morgan fingerprint density at radius 3 is 2.56 bits per heavy atom. The van der Waals surface area contributed by atoms with Crippen LogP contribution in [0.5, 0.6) is 0 Å². The molecule has 1 spiro atoms. The largest absolute Gasteiger partial charge is 0.462 e. The number of rotatable bonds is 6. The molecule has 2 aliphatic heterocycles. The highest BCUT2D eigenvalue weighted by Gasteiger charge is 2.59. The first-order valence-electron chi connectivity index (χ1n) is 11.1. The first-order chi connectivity index (χ1) is 15.3. The van der Waals surface area contributed by atoms with Crippen LogP contribution in [0.15, 0.2) is 48.5 Å². The van der Waals surface area contributed by atoms with Crippen LogP contribution in [0.25, 0.3) is 0 Å². The van der Waals surface area contributed by atoms with Crippen LogP contribution >= 0.6 is 0 Å². The molecule has 2 aromatic carbocycles. The molecule has 3 N–H and O–H groups in total. The van der Waals surface area contributed by atoms with E-state index in [1.165, 1.54) is 0 Å². The van der Waals surface area contributed by atoms with Gasteiger partial charge in [0, 0.05) is 23.0 Å². The van der Waals surface area contributed by atoms with Gasteiger partial charge in [0.25, 0.3) is 0 Å². The molecule has 32 heavy (non-hydrogen) atoms. The van der Waals surface area contributed by atoms with Gasteiger partial charge < -0.3 is 15.4 Å². The number of nitrogens with one attached hydrogen (secondary N) is 3. The minimum Gasteiger partial charge on any atom is -0.462 e. The molecule has 0 aromatic heterocycles. The van der Waals surface area contributed by atoms with Crippen LogP contribution in [0.2, 0.25) is 0 Å². The van der Waals surface area contributed by atoms with Gasteiger partial charge >= 0.3 is 5.97 Å². The first-order valence-corrected chi connectivity index (χ1v) is 11.1. The molecule has 1 saturated heterocycles. The number of hydrogen-bond donors (Lipinski definition) is 3. The third kappa shape index (κ3) is 3.88. The summed E-state index contributed by atoms with van der Waals surface area (Å²) in [5, 5.41) is 9.42. The van der Waals surface area contributed by atoms with Crippen molar-refractivity contribution in [3.63, 3.8) is 0 Å². The maximum absolute atomic E-state index is 13.5. The lowest BCUT2D eigenvalue weighted by Crippen LogP contribution is -2.52. The maximum atomic E-state index is 13.5. The molecule has 7 heteroatoms. The number of ether oxygens (including phenoxy) is 1. The summed E-state index contributed by atoms with van der Waals surface area (Å²) in [5.41, 5.74) is 1.45. The Kier molecular flexibility index (Phi) is 6.02. The fourth-order valence-electron chi connectivity index (χ4n) is 4.87. The number of benzene rings is 2. The zero-order valence-corrected chi connectivity index (χ0v) is 18.6. The van der Waals surface area contributed by atoms with Gasteiger partial charge in [-0.1, -0.05) is 32.0 Å². The van der Waals surface area contributed by atoms with Crippen molar-refractivity contribution < 1.29 is 19.1 Å². The van der Waals surface area contributed by atoms with E-state index in [9.17, 15) is 14.4 Å². The minimum absolute atomic E-state index is 0.0499. The smallest absolute Gasteiger partial charge is 0.338 e. The molecule has 2 aliphatic rings. The Morgan fingerprint density at radius 1 is 1.16 bits per heavy atom. The third-order valence-electron chi connectivity index (χ3n) is 6.17. The van der Waals surface area contributed by atoms with Crippen molar-refractivity contribution in [2.75, 3.05) is 17.2 Å². The van der Waals surface area contributed by atoms with Gasteiger partial charge in [0.05, 0.1) is 18.1 Å². The highest BCUT2D eigenvalue weighted by atomic mass is 16.5. The fourth-order valence-corrected chi connectivity index (χ4v) is 4.87. The van der Waals surface area contributed by atoms with E-state index in [0.717, 1.165) is 17.7 Å². The van der Waals surface area contributed by atoms with Gasteiger partial charge in [-0.25, -0.2) is 4.79 Å². The van der Waals surface area contributed by atoms with Crippen LogP contribution in [-0.4, -0.2) is 30.4 Å². The minimum atomic E-state index is -1.09. The zero-order valence-electron chi connectivity index (χ0n) is 18.6. The number of amides is 2. The zero-order chi connectivity index (χ0) is 22.9. The second-order valence-corrected chi connectivity index (χ2v) is 8.85. The van der Waals surface area contributed by atoms with Crippen LogP contribution in [-0.2, 0) is 19.9 Å². The molecule has 0 bridgehead atoms. The van der Waals surface area contributed by atoms with Gasteiger partial charge in [0.1, 0.15) is 5.54 Å². The topological polar surface area (TPSA) is 96.5 Å². The SMILES string of the molecule is CCOC(=O)c1ccc(NC(=O)[C@H]2C[C@H](CC(C)C)N[C@]23C(=O)Nc2ccccc23)cc1. The number of anilines is 2. The normalized spacial score (nSPS) is 23.8. The predicted molar refractivity (Wildman–Crippen MR) is 122 cm³/mol. The standard InChI is InChI=1S/C25H29N3O4/c1-4-32-23(30)16-9-11-17(12-10-16)26-22(29)20-14-18(13-15(2)3)28-25(20)19-7-5-6-8-21(19)27-24(25)31/h5-12,15,18,20,28H,4,13-14H2,1-3H3,(H,26,29)(H,27,31)/t18-,20+,25-/m0/s1. The third-order valence-corrected chi connectivity index (χ3v) is 6.17. The van der Waals surface area contributed by atoms with Gasteiger partial charge in [-0.15, -0.1) is 0 Å². The van der Waals surface area contributed by atoms with Crippen LogP contribution in [0, 0.1) is 11.8 Å². The molecule has 0 radical (unpaired) electrons. The average molecular weight is 436 g/mol. The average Bonchev–Trinajstić information content (AvgIpc) is 3.27. The number of carbonyl (C=O) groups excluding carboxylic acids is 3. The quantitative estimate of drug-likeness (QED) is 0.602. The number of esters is 1. The highest BCUT2D eigenvalue weighted by Crippen LogP contribution is 2.48. The van der Waals surface area contributed by atoms with Crippen molar-refractivity contribution >= 4 is 29.2 Å². The maximum Gasteiger partial charge on any atom is 0.338 e. The molecule has 168 valence electrons. The van der Waals surface area contributed by atoms with Gasteiger partial charge in [0.15, 0.2) is 0 Å². The van der Waals surface area contributed by atoms with Gasteiger partial charge in [0.2, 0.25) is 11.8 Å². The van der Waals surface area contributed by atoms with Gasteiger partial charge in [-0.2, -0.15) is 0 Å².